The Hall–Kier alpha value is -2.17. The number of carbonyl (C=O) groups is 2. The van der Waals surface area contributed by atoms with Gasteiger partial charge < -0.3 is 9.94 Å². The average Bonchev–Trinajstić information content (AvgIpc) is 2.53. The van der Waals surface area contributed by atoms with Gasteiger partial charge in [-0.1, -0.05) is 11.2 Å². The van der Waals surface area contributed by atoms with E-state index >= 15 is 0 Å². The first-order valence-electron chi connectivity index (χ1n) is 5.48. The number of carboxylic acid groups (broad SMARTS) is 1. The number of aryl methyl sites for hydroxylation is 1. The van der Waals surface area contributed by atoms with Gasteiger partial charge in [-0.2, -0.15) is 0 Å². The van der Waals surface area contributed by atoms with Gasteiger partial charge in [0.15, 0.2) is 11.3 Å². The van der Waals surface area contributed by atoms with Crippen molar-refractivity contribution in [1.29, 1.82) is 0 Å². The number of hydrogen-bond acceptors (Lipinski definition) is 4. The van der Waals surface area contributed by atoms with Crippen LogP contribution in [-0.2, 0) is 9.63 Å². The van der Waals surface area contributed by atoms with Crippen molar-refractivity contribution in [3.8, 4) is 0 Å². The molecule has 0 fully saturated rings. The average molecular weight is 247 g/mol. The van der Waals surface area contributed by atoms with Crippen molar-refractivity contribution in [2.24, 2.45) is 5.16 Å². The molecule has 5 nitrogen and oxygen atoms in total. The Labute approximate surface area is 104 Å². The number of carbonyl (C=O) groups excluding carboxylic acids is 1. The van der Waals surface area contributed by atoms with Gasteiger partial charge in [-0.15, -0.1) is 0 Å². The van der Waals surface area contributed by atoms with Gasteiger partial charge in [0.05, 0.1) is 5.56 Å². The molecular weight excluding hydrogens is 234 g/mol. The first kappa shape index (κ1) is 12.3. The summed E-state index contributed by atoms with van der Waals surface area (Å²) in [5, 5.41) is 12.7. The second kappa shape index (κ2) is 3.94. The fraction of sp³-hybridized carbons (Fsp3) is 0.308. The molecule has 0 aromatic heterocycles. The monoisotopic (exact) mass is 247 g/mol. The standard InChI is InChI=1S/C13H13NO4/c1-7-6-8(4-5-9(7)12(16)17)10-11(15)13(2,3)18-14-10/h4-6H,1-3H3,(H,16,17). The number of oxime groups is 1. The van der Waals surface area contributed by atoms with Crippen molar-refractivity contribution >= 4 is 17.5 Å². The molecule has 0 spiro atoms. The van der Waals surface area contributed by atoms with Crippen LogP contribution in [0.2, 0.25) is 0 Å². The third kappa shape index (κ3) is 1.88. The second-order valence-electron chi connectivity index (χ2n) is 4.71. The van der Waals surface area contributed by atoms with E-state index in [1.807, 2.05) is 0 Å². The summed E-state index contributed by atoms with van der Waals surface area (Å²) in [4.78, 5) is 27.9. The van der Waals surface area contributed by atoms with Crippen LogP contribution in [-0.4, -0.2) is 28.2 Å². The van der Waals surface area contributed by atoms with E-state index in [0.29, 0.717) is 11.1 Å². The van der Waals surface area contributed by atoms with Crippen LogP contribution in [0.4, 0.5) is 0 Å². The number of rotatable bonds is 2. The van der Waals surface area contributed by atoms with Gasteiger partial charge in [0.2, 0.25) is 5.78 Å². The smallest absolute Gasteiger partial charge is 0.335 e. The number of benzene rings is 1. The van der Waals surface area contributed by atoms with Crippen molar-refractivity contribution < 1.29 is 19.5 Å². The zero-order valence-corrected chi connectivity index (χ0v) is 10.4. The van der Waals surface area contributed by atoms with Gasteiger partial charge in [0, 0.05) is 5.56 Å². The third-order valence-electron chi connectivity index (χ3n) is 2.86. The van der Waals surface area contributed by atoms with Crippen LogP contribution in [0.5, 0.6) is 0 Å². The Morgan fingerprint density at radius 3 is 2.50 bits per heavy atom. The lowest BCUT2D eigenvalue weighted by atomic mass is 9.94. The quantitative estimate of drug-likeness (QED) is 0.864. The van der Waals surface area contributed by atoms with E-state index in [4.69, 9.17) is 9.94 Å². The molecule has 2 rings (SSSR count). The molecule has 1 N–H and O–H groups in total. The van der Waals surface area contributed by atoms with E-state index < -0.39 is 11.6 Å². The van der Waals surface area contributed by atoms with Crippen LogP contribution in [0, 0.1) is 6.92 Å². The lowest BCUT2D eigenvalue weighted by Gasteiger charge is -2.11. The Morgan fingerprint density at radius 1 is 1.39 bits per heavy atom. The van der Waals surface area contributed by atoms with Gasteiger partial charge in [-0.05, 0) is 38.5 Å². The highest BCUT2D eigenvalue weighted by Gasteiger charge is 2.40. The number of Topliss-reactive ketones (excluding diaryl/α,β-unsaturated/α-hetero) is 1. The van der Waals surface area contributed by atoms with Crippen LogP contribution in [0.1, 0.15) is 35.3 Å². The summed E-state index contributed by atoms with van der Waals surface area (Å²) in [6.07, 6.45) is 0. The van der Waals surface area contributed by atoms with Crippen LogP contribution >= 0.6 is 0 Å². The third-order valence-corrected chi connectivity index (χ3v) is 2.86. The molecular formula is C13H13NO4. The number of nitrogens with zero attached hydrogens (tertiary/aromatic N) is 1. The highest BCUT2D eigenvalue weighted by Crippen LogP contribution is 2.23. The van der Waals surface area contributed by atoms with Crippen LogP contribution in [0.25, 0.3) is 0 Å². The minimum atomic E-state index is -0.990. The Balaban J connectivity index is 2.40. The summed E-state index contributed by atoms with van der Waals surface area (Å²) in [6.45, 7) is 4.97. The molecule has 0 saturated heterocycles. The largest absolute Gasteiger partial charge is 0.478 e. The van der Waals surface area contributed by atoms with Crippen molar-refractivity contribution in [2.75, 3.05) is 0 Å². The summed E-state index contributed by atoms with van der Waals surface area (Å²) >= 11 is 0. The van der Waals surface area contributed by atoms with Crippen LogP contribution in [0.15, 0.2) is 23.4 Å². The SMILES string of the molecule is Cc1cc(C2=NOC(C)(C)C2=O)ccc1C(=O)O. The molecule has 0 saturated carbocycles. The Morgan fingerprint density at radius 2 is 2.06 bits per heavy atom. The van der Waals surface area contributed by atoms with Gasteiger partial charge in [-0.25, -0.2) is 4.79 Å². The molecule has 5 heteroatoms. The molecule has 1 aliphatic heterocycles. The van der Waals surface area contributed by atoms with Gasteiger partial charge in [-0.3, -0.25) is 4.79 Å². The predicted molar refractivity (Wildman–Crippen MR) is 64.8 cm³/mol. The molecule has 0 bridgehead atoms. The molecule has 0 atom stereocenters. The molecule has 1 aliphatic rings. The van der Waals surface area contributed by atoms with Crippen LogP contribution in [0.3, 0.4) is 0 Å². The van der Waals surface area contributed by atoms with Crippen molar-refractivity contribution in [2.45, 2.75) is 26.4 Å². The summed E-state index contributed by atoms with van der Waals surface area (Å²) in [7, 11) is 0. The molecule has 0 amide bonds. The zero-order valence-electron chi connectivity index (χ0n) is 10.4. The molecule has 0 unspecified atom stereocenters. The van der Waals surface area contributed by atoms with E-state index in [0.717, 1.165) is 0 Å². The maximum atomic E-state index is 12.0. The molecule has 1 aromatic carbocycles. The first-order valence-corrected chi connectivity index (χ1v) is 5.48. The highest BCUT2D eigenvalue weighted by atomic mass is 16.7. The summed E-state index contributed by atoms with van der Waals surface area (Å²) in [5.74, 6) is -1.19. The van der Waals surface area contributed by atoms with Crippen molar-refractivity contribution in [1.82, 2.24) is 0 Å². The molecule has 18 heavy (non-hydrogen) atoms. The predicted octanol–water partition coefficient (Wildman–Crippen LogP) is 1.78. The maximum Gasteiger partial charge on any atom is 0.335 e. The number of ketones is 1. The topological polar surface area (TPSA) is 76.0 Å². The van der Waals surface area contributed by atoms with Crippen LogP contribution < -0.4 is 0 Å². The van der Waals surface area contributed by atoms with Gasteiger partial charge in [0.25, 0.3) is 0 Å². The molecule has 94 valence electrons. The zero-order chi connectivity index (χ0) is 13.5. The van der Waals surface area contributed by atoms with Gasteiger partial charge >= 0.3 is 5.97 Å². The van der Waals surface area contributed by atoms with E-state index in [1.54, 1.807) is 32.9 Å². The minimum Gasteiger partial charge on any atom is -0.478 e. The second-order valence-corrected chi connectivity index (χ2v) is 4.71. The number of aromatic carboxylic acids is 1. The highest BCUT2D eigenvalue weighted by molar-refractivity contribution is 6.49. The maximum absolute atomic E-state index is 12.0. The molecule has 1 heterocycles. The van der Waals surface area contributed by atoms with E-state index in [9.17, 15) is 9.59 Å². The van der Waals surface area contributed by atoms with E-state index in [2.05, 4.69) is 5.16 Å². The number of hydrogen-bond donors (Lipinski definition) is 1. The molecule has 0 radical (unpaired) electrons. The van der Waals surface area contributed by atoms with E-state index in [1.165, 1.54) is 6.07 Å². The fourth-order valence-corrected chi connectivity index (χ4v) is 1.76. The van der Waals surface area contributed by atoms with Crippen molar-refractivity contribution in [3.63, 3.8) is 0 Å². The number of carboxylic acids is 1. The normalized spacial score (nSPS) is 17.3. The summed E-state index contributed by atoms with van der Waals surface area (Å²) in [6, 6.07) is 4.66. The lowest BCUT2D eigenvalue weighted by Crippen LogP contribution is -2.33. The lowest BCUT2D eigenvalue weighted by molar-refractivity contribution is -0.128. The summed E-state index contributed by atoms with van der Waals surface area (Å²) < 4.78 is 0. The molecule has 1 aromatic rings. The van der Waals surface area contributed by atoms with E-state index in [-0.39, 0.29) is 17.1 Å². The fourth-order valence-electron chi connectivity index (χ4n) is 1.76. The summed E-state index contributed by atoms with van der Waals surface area (Å²) in [5.41, 5.74) is 0.660. The Bertz CT molecular complexity index is 572. The molecule has 0 aliphatic carbocycles. The minimum absolute atomic E-state index is 0.204. The first-order chi connectivity index (χ1) is 8.33. The van der Waals surface area contributed by atoms with Crippen molar-refractivity contribution in [3.05, 3.63) is 34.9 Å². The van der Waals surface area contributed by atoms with Gasteiger partial charge in [0.1, 0.15) is 0 Å². The Kier molecular flexibility index (Phi) is 2.69.